The molecule has 18 heavy (non-hydrogen) atoms. The lowest BCUT2D eigenvalue weighted by Gasteiger charge is -2.34. The number of benzene rings is 1. The van der Waals surface area contributed by atoms with Crippen LogP contribution in [0, 0.1) is 30.4 Å². The van der Waals surface area contributed by atoms with Crippen LogP contribution in [0.15, 0.2) is 12.1 Å². The molecule has 3 atom stereocenters. The highest BCUT2D eigenvalue weighted by Crippen LogP contribution is 2.32. The average Bonchev–Trinajstić information content (AvgIpc) is 2.34. The predicted molar refractivity (Wildman–Crippen MR) is 70.7 cm³/mol. The fourth-order valence-corrected chi connectivity index (χ4v) is 2.71. The molecule has 0 bridgehead atoms. The minimum atomic E-state index is -0.497. The minimum Gasteiger partial charge on any atom is -0.377 e. The van der Waals surface area contributed by atoms with Crippen molar-refractivity contribution in [3.63, 3.8) is 0 Å². The summed E-state index contributed by atoms with van der Waals surface area (Å²) in [7, 11) is 0. The zero-order valence-corrected chi connectivity index (χ0v) is 11.3. The van der Waals surface area contributed by atoms with Crippen LogP contribution in [0.4, 0.5) is 14.5 Å². The van der Waals surface area contributed by atoms with Gasteiger partial charge in [-0.2, -0.15) is 0 Å². The first-order chi connectivity index (χ1) is 8.49. The van der Waals surface area contributed by atoms with E-state index < -0.39 is 11.6 Å². The van der Waals surface area contributed by atoms with E-state index in [2.05, 4.69) is 19.2 Å². The third-order valence-electron chi connectivity index (χ3n) is 4.07. The lowest BCUT2D eigenvalue weighted by Crippen LogP contribution is -2.34. The molecule has 0 aliphatic heterocycles. The second-order valence-corrected chi connectivity index (χ2v) is 5.70. The normalized spacial score (nSPS) is 28.2. The van der Waals surface area contributed by atoms with E-state index in [0.717, 1.165) is 12.8 Å². The molecule has 3 heteroatoms. The zero-order valence-electron chi connectivity index (χ0n) is 11.3. The predicted octanol–water partition coefficient (Wildman–Crippen LogP) is 4.51. The van der Waals surface area contributed by atoms with Crippen LogP contribution in [0.25, 0.3) is 0 Å². The molecule has 0 heterocycles. The van der Waals surface area contributed by atoms with E-state index in [1.165, 1.54) is 18.6 Å². The van der Waals surface area contributed by atoms with E-state index >= 15 is 0 Å². The van der Waals surface area contributed by atoms with Gasteiger partial charge in [0.1, 0.15) is 11.5 Å². The minimum absolute atomic E-state index is 0.0425. The summed E-state index contributed by atoms with van der Waals surface area (Å²) in [4.78, 5) is 0. The molecule has 3 unspecified atom stereocenters. The Morgan fingerprint density at radius 2 is 1.89 bits per heavy atom. The van der Waals surface area contributed by atoms with Crippen LogP contribution in [-0.2, 0) is 0 Å². The molecular weight excluding hydrogens is 232 g/mol. The fraction of sp³-hybridized carbons (Fsp3) is 0.600. The molecule has 0 aromatic heterocycles. The van der Waals surface area contributed by atoms with Gasteiger partial charge in [0.25, 0.3) is 0 Å². The number of anilines is 1. The van der Waals surface area contributed by atoms with Crippen molar-refractivity contribution in [3.8, 4) is 0 Å². The topological polar surface area (TPSA) is 12.0 Å². The number of aryl methyl sites for hydroxylation is 1. The Balaban J connectivity index is 2.20. The first-order valence-electron chi connectivity index (χ1n) is 6.70. The average molecular weight is 253 g/mol. The van der Waals surface area contributed by atoms with Crippen LogP contribution in [0.3, 0.4) is 0 Å². The highest BCUT2D eigenvalue weighted by Gasteiger charge is 2.27. The Bertz CT molecular complexity index is 431. The van der Waals surface area contributed by atoms with E-state index in [1.807, 2.05) is 0 Å². The Hall–Kier alpha value is -1.12. The summed E-state index contributed by atoms with van der Waals surface area (Å²) in [5.41, 5.74) is 0.524. The van der Waals surface area contributed by atoms with Gasteiger partial charge >= 0.3 is 0 Å². The molecule has 1 saturated carbocycles. The largest absolute Gasteiger partial charge is 0.377 e. The summed E-state index contributed by atoms with van der Waals surface area (Å²) < 4.78 is 27.6. The van der Waals surface area contributed by atoms with Crippen LogP contribution in [0.2, 0.25) is 0 Å². The van der Waals surface area contributed by atoms with Crippen LogP contribution in [0.5, 0.6) is 0 Å². The van der Waals surface area contributed by atoms with Crippen LogP contribution >= 0.6 is 0 Å². The van der Waals surface area contributed by atoms with Gasteiger partial charge < -0.3 is 5.32 Å². The molecular formula is C15H21F2N. The highest BCUT2D eigenvalue weighted by atomic mass is 19.1. The van der Waals surface area contributed by atoms with Gasteiger partial charge in [0.15, 0.2) is 5.82 Å². The Labute approximate surface area is 108 Å². The Morgan fingerprint density at radius 3 is 2.61 bits per heavy atom. The molecule has 2 rings (SSSR count). The van der Waals surface area contributed by atoms with E-state index in [9.17, 15) is 8.78 Å². The smallest absolute Gasteiger partial charge is 0.152 e. The van der Waals surface area contributed by atoms with Crippen molar-refractivity contribution in [2.75, 3.05) is 5.32 Å². The molecule has 100 valence electrons. The molecule has 1 N–H and O–H groups in total. The summed E-state index contributed by atoms with van der Waals surface area (Å²) in [6, 6.07) is 2.97. The number of hydrogen-bond donors (Lipinski definition) is 1. The van der Waals surface area contributed by atoms with Gasteiger partial charge in [-0.1, -0.05) is 26.3 Å². The van der Waals surface area contributed by atoms with Crippen molar-refractivity contribution in [1.82, 2.24) is 0 Å². The number of nitrogens with one attached hydrogen (secondary N) is 1. The number of rotatable bonds is 2. The zero-order chi connectivity index (χ0) is 13.3. The van der Waals surface area contributed by atoms with E-state index in [4.69, 9.17) is 0 Å². The molecule has 0 radical (unpaired) electrons. The molecule has 0 spiro atoms. The first-order valence-corrected chi connectivity index (χ1v) is 6.70. The number of hydrogen-bond acceptors (Lipinski definition) is 1. The molecule has 1 aliphatic carbocycles. The van der Waals surface area contributed by atoms with Crippen LogP contribution in [0.1, 0.15) is 38.7 Å². The molecule has 1 nitrogen and oxygen atoms in total. The summed E-state index contributed by atoms with van der Waals surface area (Å²) in [5, 5.41) is 3.09. The van der Waals surface area contributed by atoms with Gasteiger partial charge in [0.2, 0.25) is 0 Å². The van der Waals surface area contributed by atoms with E-state index in [0.29, 0.717) is 17.4 Å². The van der Waals surface area contributed by atoms with Crippen molar-refractivity contribution < 1.29 is 8.78 Å². The van der Waals surface area contributed by atoms with Gasteiger partial charge in [0.05, 0.1) is 0 Å². The van der Waals surface area contributed by atoms with Crippen molar-refractivity contribution >= 4 is 5.69 Å². The van der Waals surface area contributed by atoms with E-state index in [-0.39, 0.29) is 11.7 Å². The van der Waals surface area contributed by atoms with Gasteiger partial charge in [-0.25, -0.2) is 8.78 Å². The molecule has 1 aliphatic rings. The maximum atomic E-state index is 13.9. The monoisotopic (exact) mass is 253 g/mol. The van der Waals surface area contributed by atoms with Gasteiger partial charge in [0, 0.05) is 6.04 Å². The van der Waals surface area contributed by atoms with Crippen molar-refractivity contribution in [2.24, 2.45) is 11.8 Å². The molecule has 1 fully saturated rings. The van der Waals surface area contributed by atoms with Gasteiger partial charge in [-0.15, -0.1) is 0 Å². The number of halogens is 2. The van der Waals surface area contributed by atoms with Gasteiger partial charge in [-0.3, -0.25) is 0 Å². The second kappa shape index (κ2) is 5.25. The summed E-state index contributed by atoms with van der Waals surface area (Å²) in [6.45, 7) is 6.01. The highest BCUT2D eigenvalue weighted by molar-refractivity contribution is 5.49. The van der Waals surface area contributed by atoms with Crippen molar-refractivity contribution in [3.05, 3.63) is 29.3 Å². The van der Waals surface area contributed by atoms with Crippen molar-refractivity contribution in [2.45, 2.75) is 46.1 Å². The van der Waals surface area contributed by atoms with Crippen LogP contribution < -0.4 is 5.32 Å². The van der Waals surface area contributed by atoms with Gasteiger partial charge in [-0.05, 0) is 43.2 Å². The third kappa shape index (κ3) is 2.65. The SMILES string of the molecule is Cc1ccc(F)c(NC2CC(C)CCC2C)c1F. The summed E-state index contributed by atoms with van der Waals surface area (Å²) in [6.07, 6.45) is 3.31. The second-order valence-electron chi connectivity index (χ2n) is 5.70. The third-order valence-corrected chi connectivity index (χ3v) is 4.07. The van der Waals surface area contributed by atoms with Crippen LogP contribution in [-0.4, -0.2) is 6.04 Å². The maximum absolute atomic E-state index is 13.9. The molecule has 0 amide bonds. The fourth-order valence-electron chi connectivity index (χ4n) is 2.71. The summed E-state index contributed by atoms with van der Waals surface area (Å²) >= 11 is 0. The molecule has 1 aromatic rings. The maximum Gasteiger partial charge on any atom is 0.152 e. The van der Waals surface area contributed by atoms with Crippen molar-refractivity contribution in [1.29, 1.82) is 0 Å². The Kier molecular flexibility index (Phi) is 3.88. The first kappa shape index (κ1) is 13.3. The molecule has 1 aromatic carbocycles. The summed E-state index contributed by atoms with van der Waals surface area (Å²) in [5.74, 6) is 0.124. The molecule has 0 saturated heterocycles. The lowest BCUT2D eigenvalue weighted by molar-refractivity contribution is 0.279. The quantitative estimate of drug-likeness (QED) is 0.817. The lowest BCUT2D eigenvalue weighted by atomic mass is 9.80. The Morgan fingerprint density at radius 1 is 1.17 bits per heavy atom. The standard InChI is InChI=1S/C15H21F2N/c1-9-4-5-10(2)13(8-9)18-15-12(16)7-6-11(3)14(15)17/h6-7,9-10,13,18H,4-5,8H2,1-3H3. The van der Waals surface area contributed by atoms with E-state index in [1.54, 1.807) is 6.92 Å².